The van der Waals surface area contributed by atoms with Crippen molar-refractivity contribution in [1.82, 2.24) is 5.32 Å². The summed E-state index contributed by atoms with van der Waals surface area (Å²) in [4.78, 5) is 11.2. The van der Waals surface area contributed by atoms with Crippen LogP contribution in [0.4, 0.5) is 14.5 Å². The second-order valence-corrected chi connectivity index (χ2v) is 3.24. The lowest BCUT2D eigenvalue weighted by Crippen LogP contribution is -2.30. The van der Waals surface area contributed by atoms with Crippen LogP contribution in [0.25, 0.3) is 0 Å². The van der Waals surface area contributed by atoms with Gasteiger partial charge in [0.25, 0.3) is 0 Å². The third-order valence-corrected chi connectivity index (χ3v) is 1.93. The van der Waals surface area contributed by atoms with Crippen molar-refractivity contribution in [3.8, 4) is 6.07 Å². The van der Waals surface area contributed by atoms with E-state index in [1.54, 1.807) is 0 Å². The Labute approximate surface area is 97.2 Å². The van der Waals surface area contributed by atoms with Gasteiger partial charge in [-0.15, -0.1) is 0 Å². The molecule has 0 aliphatic rings. The van der Waals surface area contributed by atoms with Gasteiger partial charge in [0, 0.05) is 12.6 Å². The molecule has 1 rings (SSSR count). The molecule has 0 spiro atoms. The van der Waals surface area contributed by atoms with E-state index in [0.717, 1.165) is 12.1 Å². The fraction of sp³-hybridized carbons (Fsp3) is 0.273. The smallest absolute Gasteiger partial charge is 0.239 e. The van der Waals surface area contributed by atoms with E-state index in [2.05, 4.69) is 10.6 Å². The number of nitrogens with zero attached hydrogens (tertiary/aromatic N) is 1. The molecule has 0 atom stereocenters. The van der Waals surface area contributed by atoms with Crippen LogP contribution in [0.15, 0.2) is 18.2 Å². The Morgan fingerprint density at radius 1 is 1.41 bits per heavy atom. The normalized spacial score (nSPS) is 9.47. The van der Waals surface area contributed by atoms with Gasteiger partial charge in [-0.25, -0.2) is 8.78 Å². The molecule has 0 heterocycles. The van der Waals surface area contributed by atoms with E-state index >= 15 is 0 Å². The highest BCUT2D eigenvalue weighted by Crippen LogP contribution is 2.14. The first-order chi connectivity index (χ1) is 8.13. The second-order valence-electron chi connectivity index (χ2n) is 3.24. The van der Waals surface area contributed by atoms with Gasteiger partial charge in [-0.3, -0.25) is 4.79 Å². The summed E-state index contributed by atoms with van der Waals surface area (Å²) in [5, 5.41) is 13.2. The number of rotatable bonds is 5. The minimum atomic E-state index is -0.755. The Kier molecular flexibility index (Phi) is 4.88. The summed E-state index contributed by atoms with van der Waals surface area (Å²) in [6.07, 6.45) is 0.219. The molecule has 1 amide bonds. The zero-order valence-corrected chi connectivity index (χ0v) is 8.96. The lowest BCUT2D eigenvalue weighted by Gasteiger charge is -2.07. The standard InChI is InChI=1S/C11H11F2N3O/c12-8-2-3-10(9(13)6-8)16-7-11(17)15-5-1-4-14/h2-3,6,16H,1,5,7H2,(H,15,17). The van der Waals surface area contributed by atoms with Crippen molar-refractivity contribution in [2.45, 2.75) is 6.42 Å². The molecule has 0 bridgehead atoms. The maximum atomic E-state index is 13.1. The molecule has 2 N–H and O–H groups in total. The monoisotopic (exact) mass is 239 g/mol. The summed E-state index contributed by atoms with van der Waals surface area (Å²) in [5.74, 6) is -1.79. The van der Waals surface area contributed by atoms with E-state index in [1.165, 1.54) is 6.07 Å². The number of hydrogen-bond donors (Lipinski definition) is 2. The van der Waals surface area contributed by atoms with Crippen LogP contribution in [0.2, 0.25) is 0 Å². The van der Waals surface area contributed by atoms with Crippen molar-refractivity contribution >= 4 is 11.6 Å². The number of nitrogens with one attached hydrogen (secondary N) is 2. The van der Waals surface area contributed by atoms with Crippen molar-refractivity contribution in [3.05, 3.63) is 29.8 Å². The Morgan fingerprint density at radius 2 is 2.18 bits per heavy atom. The largest absolute Gasteiger partial charge is 0.374 e. The van der Waals surface area contributed by atoms with Crippen LogP contribution in [0, 0.1) is 23.0 Å². The molecule has 17 heavy (non-hydrogen) atoms. The first-order valence-corrected chi connectivity index (χ1v) is 4.96. The van der Waals surface area contributed by atoms with Gasteiger partial charge in [-0.1, -0.05) is 0 Å². The summed E-state index contributed by atoms with van der Waals surface area (Å²) in [6.45, 7) is 0.122. The van der Waals surface area contributed by atoms with Crippen LogP contribution in [0.1, 0.15) is 6.42 Å². The molecule has 4 nitrogen and oxygen atoms in total. The topological polar surface area (TPSA) is 64.9 Å². The van der Waals surface area contributed by atoms with Crippen molar-refractivity contribution < 1.29 is 13.6 Å². The Balaban J connectivity index is 2.40. The molecule has 1 aromatic carbocycles. The van der Waals surface area contributed by atoms with Gasteiger partial charge in [0.05, 0.1) is 24.7 Å². The third kappa shape index (κ3) is 4.47. The molecule has 0 fully saturated rings. The zero-order valence-electron chi connectivity index (χ0n) is 8.96. The minimum Gasteiger partial charge on any atom is -0.374 e. The molecule has 0 aromatic heterocycles. The molecule has 1 aromatic rings. The van der Waals surface area contributed by atoms with Crippen molar-refractivity contribution in [2.24, 2.45) is 0 Å². The van der Waals surface area contributed by atoms with Gasteiger partial charge in [0.15, 0.2) is 0 Å². The van der Waals surface area contributed by atoms with Crippen LogP contribution in [0.3, 0.4) is 0 Å². The number of benzene rings is 1. The van der Waals surface area contributed by atoms with Gasteiger partial charge in [0.2, 0.25) is 5.91 Å². The third-order valence-electron chi connectivity index (χ3n) is 1.93. The van der Waals surface area contributed by atoms with Crippen molar-refractivity contribution in [1.29, 1.82) is 5.26 Å². The summed E-state index contributed by atoms with van der Waals surface area (Å²) >= 11 is 0. The van der Waals surface area contributed by atoms with E-state index in [9.17, 15) is 13.6 Å². The van der Waals surface area contributed by atoms with Crippen LogP contribution in [-0.4, -0.2) is 19.0 Å². The molecule has 0 aliphatic heterocycles. The molecule has 0 saturated carbocycles. The SMILES string of the molecule is N#CCCNC(=O)CNc1ccc(F)cc1F. The van der Waals surface area contributed by atoms with Crippen LogP contribution < -0.4 is 10.6 Å². The highest BCUT2D eigenvalue weighted by molar-refractivity contribution is 5.80. The molecule has 6 heteroatoms. The number of anilines is 1. The lowest BCUT2D eigenvalue weighted by molar-refractivity contribution is -0.119. The molecule has 90 valence electrons. The molecule has 0 saturated heterocycles. The second kappa shape index (κ2) is 6.43. The fourth-order valence-electron chi connectivity index (χ4n) is 1.13. The fourth-order valence-corrected chi connectivity index (χ4v) is 1.13. The van der Waals surface area contributed by atoms with Crippen LogP contribution >= 0.6 is 0 Å². The summed E-state index contributed by atoms with van der Waals surface area (Å²) in [5.41, 5.74) is 0.0573. The van der Waals surface area contributed by atoms with Gasteiger partial charge < -0.3 is 10.6 Å². The van der Waals surface area contributed by atoms with E-state index < -0.39 is 11.6 Å². The van der Waals surface area contributed by atoms with E-state index in [0.29, 0.717) is 0 Å². The van der Waals surface area contributed by atoms with Gasteiger partial charge in [0.1, 0.15) is 11.6 Å². The Hall–Kier alpha value is -2.16. The zero-order chi connectivity index (χ0) is 12.7. The molecule has 0 unspecified atom stereocenters. The van der Waals surface area contributed by atoms with Gasteiger partial charge in [-0.2, -0.15) is 5.26 Å². The number of amides is 1. The van der Waals surface area contributed by atoms with Crippen molar-refractivity contribution in [2.75, 3.05) is 18.4 Å². The average Bonchev–Trinajstić information content (AvgIpc) is 2.28. The maximum absolute atomic E-state index is 13.1. The van der Waals surface area contributed by atoms with E-state index in [1.807, 2.05) is 6.07 Å². The summed E-state index contributed by atoms with van der Waals surface area (Å²) in [7, 11) is 0. The molecule has 0 radical (unpaired) electrons. The minimum absolute atomic E-state index is 0.0573. The quantitative estimate of drug-likeness (QED) is 0.763. The number of hydrogen-bond acceptors (Lipinski definition) is 3. The molecule has 0 aliphatic carbocycles. The maximum Gasteiger partial charge on any atom is 0.239 e. The highest BCUT2D eigenvalue weighted by atomic mass is 19.1. The lowest BCUT2D eigenvalue weighted by atomic mass is 10.3. The summed E-state index contributed by atoms with van der Waals surface area (Å²) < 4.78 is 25.7. The predicted octanol–water partition coefficient (Wildman–Crippen LogP) is 1.41. The van der Waals surface area contributed by atoms with Crippen molar-refractivity contribution in [3.63, 3.8) is 0 Å². The molecular formula is C11H11F2N3O. The average molecular weight is 239 g/mol. The van der Waals surface area contributed by atoms with Crippen LogP contribution in [-0.2, 0) is 4.79 Å². The van der Waals surface area contributed by atoms with Gasteiger partial charge in [-0.05, 0) is 12.1 Å². The molecular weight excluding hydrogens is 228 g/mol. The predicted molar refractivity (Wildman–Crippen MR) is 58.1 cm³/mol. The number of nitriles is 1. The first-order valence-electron chi connectivity index (χ1n) is 4.96. The van der Waals surface area contributed by atoms with Gasteiger partial charge >= 0.3 is 0 Å². The van der Waals surface area contributed by atoms with E-state index in [4.69, 9.17) is 5.26 Å². The summed E-state index contributed by atoms with van der Waals surface area (Å²) in [6, 6.07) is 4.92. The number of carbonyl (C=O) groups is 1. The Morgan fingerprint density at radius 3 is 2.82 bits per heavy atom. The first kappa shape index (κ1) is 12.9. The van der Waals surface area contributed by atoms with Crippen LogP contribution in [0.5, 0.6) is 0 Å². The number of carbonyl (C=O) groups excluding carboxylic acids is 1. The highest BCUT2D eigenvalue weighted by Gasteiger charge is 2.05. The Bertz CT molecular complexity index is 443. The van der Waals surface area contributed by atoms with E-state index in [-0.39, 0.29) is 31.1 Å². The number of halogens is 2.